The Kier molecular flexibility index (Phi) is 3.67. The van der Waals surface area contributed by atoms with Crippen LogP contribution in [0.25, 0.3) is 0 Å². The van der Waals surface area contributed by atoms with Crippen molar-refractivity contribution in [1.82, 2.24) is 0 Å². The number of furan rings is 1. The molecule has 0 aliphatic heterocycles. The van der Waals surface area contributed by atoms with Crippen LogP contribution in [0, 0.1) is 0 Å². The molecule has 1 rings (SSSR count). The Morgan fingerprint density at radius 3 is 2.64 bits per heavy atom. The van der Waals surface area contributed by atoms with Crippen LogP contribution in [0.2, 0.25) is 0 Å². The highest BCUT2D eigenvalue weighted by atomic mass is 16.5. The van der Waals surface area contributed by atoms with Crippen LogP contribution in [0.5, 0.6) is 0 Å². The number of hydrogen-bond acceptors (Lipinski definition) is 5. The molecule has 2 N–H and O–H groups in total. The van der Waals surface area contributed by atoms with Crippen molar-refractivity contribution in [3.05, 3.63) is 23.7 Å². The van der Waals surface area contributed by atoms with Gasteiger partial charge in [-0.1, -0.05) is 0 Å². The summed E-state index contributed by atoms with van der Waals surface area (Å²) in [5.74, 6) is -0.635. The normalized spacial score (nSPS) is 10.6. The lowest BCUT2D eigenvalue weighted by atomic mass is 10.1. The predicted octanol–water partition coefficient (Wildman–Crippen LogP) is 0.134. The van der Waals surface area contributed by atoms with E-state index in [1.807, 2.05) is 0 Å². The Bertz CT molecular complexity index is 300. The van der Waals surface area contributed by atoms with E-state index in [1.165, 1.54) is 19.2 Å². The summed E-state index contributed by atoms with van der Waals surface area (Å²) in [4.78, 5) is 11.0. The molecule has 0 fully saturated rings. The lowest BCUT2D eigenvalue weighted by Crippen LogP contribution is -2.07. The van der Waals surface area contributed by atoms with E-state index in [0.29, 0.717) is 5.76 Å². The molecule has 78 valence electrons. The SMILES string of the molecule is COC(=O)c1ccc(C(CO)CO)o1. The topological polar surface area (TPSA) is 79.9 Å². The summed E-state index contributed by atoms with van der Waals surface area (Å²) in [5, 5.41) is 17.7. The summed E-state index contributed by atoms with van der Waals surface area (Å²) >= 11 is 0. The number of methoxy groups -OCH3 is 1. The van der Waals surface area contributed by atoms with Gasteiger partial charge in [-0.2, -0.15) is 0 Å². The Morgan fingerprint density at radius 2 is 2.14 bits per heavy atom. The highest BCUT2D eigenvalue weighted by Crippen LogP contribution is 2.18. The van der Waals surface area contributed by atoms with Crippen LogP contribution in [0.1, 0.15) is 22.2 Å². The maximum Gasteiger partial charge on any atom is 0.373 e. The first-order valence-electron chi connectivity index (χ1n) is 4.12. The monoisotopic (exact) mass is 200 g/mol. The van der Waals surface area contributed by atoms with Gasteiger partial charge in [0.2, 0.25) is 5.76 Å². The molecule has 0 bridgehead atoms. The van der Waals surface area contributed by atoms with Crippen molar-refractivity contribution in [1.29, 1.82) is 0 Å². The van der Waals surface area contributed by atoms with Crippen LogP contribution < -0.4 is 0 Å². The van der Waals surface area contributed by atoms with Crippen molar-refractivity contribution in [3.63, 3.8) is 0 Å². The molecule has 1 heterocycles. The first-order valence-corrected chi connectivity index (χ1v) is 4.12. The van der Waals surface area contributed by atoms with Gasteiger partial charge in [-0.15, -0.1) is 0 Å². The van der Waals surface area contributed by atoms with E-state index in [-0.39, 0.29) is 19.0 Å². The largest absolute Gasteiger partial charge is 0.463 e. The van der Waals surface area contributed by atoms with Gasteiger partial charge in [-0.25, -0.2) is 4.79 Å². The minimum absolute atomic E-state index is 0.0643. The quantitative estimate of drug-likeness (QED) is 0.675. The molecule has 0 unspecified atom stereocenters. The molecule has 0 aliphatic carbocycles. The zero-order valence-corrected chi connectivity index (χ0v) is 7.77. The number of carbonyl (C=O) groups excluding carboxylic acids is 1. The molecule has 0 spiro atoms. The lowest BCUT2D eigenvalue weighted by Gasteiger charge is -2.05. The summed E-state index contributed by atoms with van der Waals surface area (Å²) in [6.45, 7) is -0.463. The molecule has 0 amide bonds. The Balaban J connectivity index is 2.81. The summed E-state index contributed by atoms with van der Waals surface area (Å²) in [7, 11) is 1.25. The van der Waals surface area contributed by atoms with Crippen molar-refractivity contribution in [2.45, 2.75) is 5.92 Å². The zero-order chi connectivity index (χ0) is 10.6. The van der Waals surface area contributed by atoms with Crippen molar-refractivity contribution in [2.24, 2.45) is 0 Å². The summed E-state index contributed by atoms with van der Waals surface area (Å²) in [6.07, 6.45) is 0. The van der Waals surface area contributed by atoms with Crippen molar-refractivity contribution >= 4 is 5.97 Å². The molecule has 5 nitrogen and oxygen atoms in total. The fraction of sp³-hybridized carbons (Fsp3) is 0.444. The number of ether oxygens (including phenoxy) is 1. The molecule has 1 aromatic rings. The number of esters is 1. The highest BCUT2D eigenvalue weighted by Gasteiger charge is 2.17. The maximum atomic E-state index is 11.0. The van der Waals surface area contributed by atoms with E-state index in [9.17, 15) is 4.79 Å². The van der Waals surface area contributed by atoms with Gasteiger partial charge < -0.3 is 19.4 Å². The van der Waals surface area contributed by atoms with Crippen LogP contribution >= 0.6 is 0 Å². The fourth-order valence-electron chi connectivity index (χ4n) is 1.02. The summed E-state index contributed by atoms with van der Waals surface area (Å²) in [6, 6.07) is 2.98. The third kappa shape index (κ3) is 2.12. The van der Waals surface area contributed by atoms with E-state index >= 15 is 0 Å². The van der Waals surface area contributed by atoms with Gasteiger partial charge in [0.15, 0.2) is 0 Å². The Labute approximate surface area is 80.9 Å². The second kappa shape index (κ2) is 4.78. The van der Waals surface area contributed by atoms with Gasteiger partial charge in [0, 0.05) is 0 Å². The van der Waals surface area contributed by atoms with E-state index in [0.717, 1.165) is 0 Å². The van der Waals surface area contributed by atoms with Gasteiger partial charge in [0.1, 0.15) is 5.76 Å². The van der Waals surface area contributed by atoms with Crippen molar-refractivity contribution < 1.29 is 24.2 Å². The van der Waals surface area contributed by atoms with Crippen LogP contribution in [0.15, 0.2) is 16.5 Å². The number of rotatable bonds is 4. The molecule has 14 heavy (non-hydrogen) atoms. The zero-order valence-electron chi connectivity index (χ0n) is 7.77. The lowest BCUT2D eigenvalue weighted by molar-refractivity contribution is 0.0559. The standard InChI is InChI=1S/C9H12O5/c1-13-9(12)8-3-2-7(14-8)6(4-10)5-11/h2-3,6,10-11H,4-5H2,1H3. The summed E-state index contributed by atoms with van der Waals surface area (Å²) < 4.78 is 9.52. The molecule has 1 aromatic heterocycles. The van der Waals surface area contributed by atoms with Crippen LogP contribution in [0.3, 0.4) is 0 Å². The predicted molar refractivity (Wildman–Crippen MR) is 47.0 cm³/mol. The van der Waals surface area contributed by atoms with Gasteiger partial charge in [-0.3, -0.25) is 0 Å². The molecule has 0 radical (unpaired) electrons. The Hall–Kier alpha value is -1.33. The van der Waals surface area contributed by atoms with Crippen LogP contribution in [-0.2, 0) is 4.74 Å². The molecule has 0 saturated heterocycles. The molecule has 0 aliphatic rings. The smallest absolute Gasteiger partial charge is 0.373 e. The Morgan fingerprint density at radius 1 is 1.50 bits per heavy atom. The van der Waals surface area contributed by atoms with E-state index in [2.05, 4.69) is 4.74 Å². The average molecular weight is 200 g/mol. The van der Waals surface area contributed by atoms with Crippen LogP contribution in [0.4, 0.5) is 0 Å². The van der Waals surface area contributed by atoms with Crippen molar-refractivity contribution in [3.8, 4) is 0 Å². The first-order chi connectivity index (χ1) is 6.72. The van der Waals surface area contributed by atoms with Crippen LogP contribution in [-0.4, -0.2) is 36.5 Å². The molecule has 0 saturated carbocycles. The van der Waals surface area contributed by atoms with Gasteiger partial charge in [-0.05, 0) is 12.1 Å². The van der Waals surface area contributed by atoms with Gasteiger partial charge in [0.25, 0.3) is 0 Å². The molecule has 0 atom stereocenters. The second-order valence-corrected chi connectivity index (χ2v) is 2.76. The number of hydrogen-bond donors (Lipinski definition) is 2. The molecule has 5 heteroatoms. The van der Waals surface area contributed by atoms with E-state index < -0.39 is 11.9 Å². The van der Waals surface area contributed by atoms with Gasteiger partial charge in [0.05, 0.1) is 26.2 Å². The first kappa shape index (κ1) is 10.7. The second-order valence-electron chi connectivity index (χ2n) is 2.76. The van der Waals surface area contributed by atoms with Crippen molar-refractivity contribution in [2.75, 3.05) is 20.3 Å². The fourth-order valence-corrected chi connectivity index (χ4v) is 1.02. The molecule has 0 aromatic carbocycles. The van der Waals surface area contributed by atoms with E-state index in [4.69, 9.17) is 14.6 Å². The summed E-state index contributed by atoms with van der Waals surface area (Å²) in [5.41, 5.74) is 0. The van der Waals surface area contributed by atoms with Gasteiger partial charge >= 0.3 is 5.97 Å². The molecular formula is C9H12O5. The molecular weight excluding hydrogens is 188 g/mol. The minimum atomic E-state index is -0.578. The number of carbonyl (C=O) groups is 1. The highest BCUT2D eigenvalue weighted by molar-refractivity contribution is 5.86. The number of aliphatic hydroxyl groups is 2. The minimum Gasteiger partial charge on any atom is -0.463 e. The van der Waals surface area contributed by atoms with E-state index in [1.54, 1.807) is 0 Å². The third-order valence-corrected chi connectivity index (χ3v) is 1.86. The number of aliphatic hydroxyl groups excluding tert-OH is 2. The third-order valence-electron chi connectivity index (χ3n) is 1.86. The average Bonchev–Trinajstić information content (AvgIpc) is 2.68. The maximum absolute atomic E-state index is 11.0.